The lowest BCUT2D eigenvalue weighted by Gasteiger charge is -2.16. The highest BCUT2D eigenvalue weighted by Crippen LogP contribution is 2.27. The van der Waals surface area contributed by atoms with Crippen molar-refractivity contribution in [3.05, 3.63) is 58.3 Å². The number of hydrogen-bond acceptors (Lipinski definition) is 6. The van der Waals surface area contributed by atoms with Gasteiger partial charge in [0.2, 0.25) is 5.91 Å². The fraction of sp³-hybridized carbons (Fsp3) is 0.300. The maximum absolute atomic E-state index is 12.5. The number of ether oxygens (including phenoxy) is 1. The van der Waals surface area contributed by atoms with E-state index in [1.165, 1.54) is 11.8 Å². The van der Waals surface area contributed by atoms with Gasteiger partial charge in [0.15, 0.2) is 11.0 Å². The summed E-state index contributed by atoms with van der Waals surface area (Å²) in [6, 6.07) is 8.71. The Labute approximate surface area is 189 Å². The number of nitrogens with one attached hydrogen (secondary N) is 1. The van der Waals surface area contributed by atoms with Crippen molar-refractivity contribution in [3.63, 3.8) is 0 Å². The van der Waals surface area contributed by atoms with Gasteiger partial charge in [0.1, 0.15) is 0 Å². The van der Waals surface area contributed by atoms with Crippen LogP contribution in [0.25, 0.3) is 11.4 Å². The maximum Gasteiger partial charge on any atom is 0.230 e. The van der Waals surface area contributed by atoms with Gasteiger partial charge in [-0.1, -0.05) is 41.0 Å². The van der Waals surface area contributed by atoms with Gasteiger partial charge in [-0.2, -0.15) is 0 Å². The first-order valence-electron chi connectivity index (χ1n) is 9.19. The molecule has 0 aliphatic carbocycles. The van der Waals surface area contributed by atoms with E-state index in [1.54, 1.807) is 31.6 Å². The highest BCUT2D eigenvalue weighted by atomic mass is 35.5. The summed E-state index contributed by atoms with van der Waals surface area (Å²) in [5.41, 5.74) is 1.71. The smallest absolute Gasteiger partial charge is 0.230 e. The van der Waals surface area contributed by atoms with Gasteiger partial charge in [0.05, 0.1) is 24.9 Å². The van der Waals surface area contributed by atoms with Crippen LogP contribution in [0, 0.1) is 0 Å². The van der Waals surface area contributed by atoms with E-state index in [0.717, 1.165) is 11.1 Å². The Morgan fingerprint density at radius 2 is 2.00 bits per heavy atom. The zero-order chi connectivity index (χ0) is 21.5. The molecule has 0 saturated carbocycles. The second-order valence-corrected chi connectivity index (χ2v) is 8.22. The molecule has 1 aromatic carbocycles. The molecule has 1 atom stereocenters. The summed E-state index contributed by atoms with van der Waals surface area (Å²) in [7, 11) is 1.64. The molecule has 0 aliphatic heterocycles. The highest BCUT2D eigenvalue weighted by molar-refractivity contribution is 7.99. The van der Waals surface area contributed by atoms with Crippen LogP contribution in [0.5, 0.6) is 0 Å². The maximum atomic E-state index is 12.5. The Morgan fingerprint density at radius 1 is 1.23 bits per heavy atom. The van der Waals surface area contributed by atoms with Crippen molar-refractivity contribution < 1.29 is 9.53 Å². The number of carbonyl (C=O) groups excluding carboxylic acids is 1. The Hall–Kier alpha value is -2.13. The topological polar surface area (TPSA) is 81.9 Å². The predicted molar refractivity (Wildman–Crippen MR) is 119 cm³/mol. The lowest BCUT2D eigenvalue weighted by atomic mass is 10.1. The third-order valence-corrected chi connectivity index (χ3v) is 5.84. The zero-order valence-corrected chi connectivity index (χ0v) is 18.8. The number of methoxy groups -OCH3 is 1. The Kier molecular flexibility index (Phi) is 8.09. The molecule has 3 aromatic rings. The largest absolute Gasteiger partial charge is 0.383 e. The van der Waals surface area contributed by atoms with Gasteiger partial charge in [-0.05, 0) is 36.8 Å². The molecule has 0 fully saturated rings. The van der Waals surface area contributed by atoms with E-state index >= 15 is 0 Å². The highest BCUT2D eigenvalue weighted by Gasteiger charge is 2.17. The second-order valence-electron chi connectivity index (χ2n) is 6.43. The van der Waals surface area contributed by atoms with Crippen LogP contribution in [-0.2, 0) is 16.1 Å². The first-order valence-corrected chi connectivity index (χ1v) is 10.9. The van der Waals surface area contributed by atoms with Gasteiger partial charge in [-0.25, -0.2) is 0 Å². The Balaban J connectivity index is 1.67. The third-order valence-electron chi connectivity index (χ3n) is 4.31. The zero-order valence-electron chi connectivity index (χ0n) is 16.5. The van der Waals surface area contributed by atoms with Crippen LogP contribution in [0.1, 0.15) is 18.5 Å². The molecule has 158 valence electrons. The summed E-state index contributed by atoms with van der Waals surface area (Å²) in [6.07, 6.45) is 3.41. The molecule has 0 bridgehead atoms. The summed E-state index contributed by atoms with van der Waals surface area (Å²) < 4.78 is 7.15. The van der Waals surface area contributed by atoms with Crippen LogP contribution in [0.3, 0.4) is 0 Å². The van der Waals surface area contributed by atoms with Gasteiger partial charge in [0, 0.05) is 35.1 Å². The predicted octanol–water partition coefficient (Wildman–Crippen LogP) is 4.26. The van der Waals surface area contributed by atoms with Crippen LogP contribution in [0.15, 0.2) is 47.9 Å². The summed E-state index contributed by atoms with van der Waals surface area (Å²) in [6.45, 7) is 2.95. The molecule has 1 amide bonds. The minimum atomic E-state index is -0.249. The summed E-state index contributed by atoms with van der Waals surface area (Å²) in [4.78, 5) is 16.5. The fourth-order valence-corrected chi connectivity index (χ4v) is 4.19. The minimum absolute atomic E-state index is 0.134. The number of pyridine rings is 1. The van der Waals surface area contributed by atoms with Crippen molar-refractivity contribution in [2.24, 2.45) is 0 Å². The van der Waals surface area contributed by atoms with E-state index < -0.39 is 0 Å². The quantitative estimate of drug-likeness (QED) is 0.475. The molecule has 30 heavy (non-hydrogen) atoms. The van der Waals surface area contributed by atoms with Crippen LogP contribution in [0.2, 0.25) is 10.0 Å². The van der Waals surface area contributed by atoms with E-state index in [9.17, 15) is 4.79 Å². The van der Waals surface area contributed by atoms with Crippen molar-refractivity contribution >= 4 is 40.9 Å². The normalized spacial score (nSPS) is 12.0. The molecule has 7 nitrogen and oxygen atoms in total. The number of halogens is 2. The van der Waals surface area contributed by atoms with Crippen molar-refractivity contribution in [2.75, 3.05) is 19.5 Å². The van der Waals surface area contributed by atoms with Crippen molar-refractivity contribution in [2.45, 2.75) is 24.7 Å². The molecule has 0 saturated heterocycles. The monoisotopic (exact) mass is 465 g/mol. The molecule has 1 N–H and O–H groups in total. The molecular weight excluding hydrogens is 445 g/mol. The summed E-state index contributed by atoms with van der Waals surface area (Å²) in [5.74, 6) is 0.765. The van der Waals surface area contributed by atoms with Crippen molar-refractivity contribution in [3.8, 4) is 11.4 Å². The number of nitrogens with zero attached hydrogens (tertiary/aromatic N) is 4. The minimum Gasteiger partial charge on any atom is -0.383 e. The van der Waals surface area contributed by atoms with Crippen LogP contribution < -0.4 is 5.32 Å². The first kappa shape index (κ1) is 22.6. The average Bonchev–Trinajstić information content (AvgIpc) is 3.14. The third kappa shape index (κ3) is 5.72. The first-order chi connectivity index (χ1) is 14.5. The second kappa shape index (κ2) is 10.8. The number of hydrogen-bond donors (Lipinski definition) is 1. The number of rotatable bonds is 9. The van der Waals surface area contributed by atoms with Crippen molar-refractivity contribution in [1.29, 1.82) is 0 Å². The molecule has 2 heterocycles. The molecule has 10 heteroatoms. The van der Waals surface area contributed by atoms with Crippen LogP contribution in [-0.4, -0.2) is 45.1 Å². The van der Waals surface area contributed by atoms with Gasteiger partial charge in [-0.15, -0.1) is 10.2 Å². The van der Waals surface area contributed by atoms with Gasteiger partial charge >= 0.3 is 0 Å². The van der Waals surface area contributed by atoms with E-state index in [0.29, 0.717) is 34.2 Å². The van der Waals surface area contributed by atoms with E-state index in [4.69, 9.17) is 27.9 Å². The van der Waals surface area contributed by atoms with Gasteiger partial charge in [-0.3, -0.25) is 14.3 Å². The number of thioether (sulfide) groups is 1. The lowest BCUT2D eigenvalue weighted by Crippen LogP contribution is -2.28. The number of carbonyl (C=O) groups is 1. The number of amides is 1. The van der Waals surface area contributed by atoms with E-state index in [-0.39, 0.29) is 17.7 Å². The van der Waals surface area contributed by atoms with E-state index in [2.05, 4.69) is 20.5 Å². The summed E-state index contributed by atoms with van der Waals surface area (Å²) in [5, 5.41) is 13.2. The average molecular weight is 466 g/mol. The molecule has 0 spiro atoms. The molecule has 3 rings (SSSR count). The molecular formula is C20H21Cl2N5O2S. The Bertz CT molecular complexity index is 1000. The molecule has 0 aliphatic rings. The number of benzene rings is 1. The molecule has 1 unspecified atom stereocenters. The molecule has 0 radical (unpaired) electrons. The van der Waals surface area contributed by atoms with E-state index in [1.807, 2.05) is 29.7 Å². The fourth-order valence-electron chi connectivity index (χ4n) is 2.84. The SMILES string of the molecule is COCCn1c(SCC(=O)NC(C)c2ccc(Cl)cc2Cl)nnc1-c1ccncc1. The van der Waals surface area contributed by atoms with Crippen LogP contribution in [0.4, 0.5) is 0 Å². The molecule has 2 aromatic heterocycles. The Morgan fingerprint density at radius 3 is 2.70 bits per heavy atom. The lowest BCUT2D eigenvalue weighted by molar-refractivity contribution is -0.119. The van der Waals surface area contributed by atoms with Gasteiger partial charge in [0.25, 0.3) is 0 Å². The van der Waals surface area contributed by atoms with Crippen LogP contribution >= 0.6 is 35.0 Å². The number of aromatic nitrogens is 4. The van der Waals surface area contributed by atoms with Crippen molar-refractivity contribution in [1.82, 2.24) is 25.1 Å². The standard InChI is InChI=1S/C20H21Cl2N5O2S/c1-13(16-4-3-15(21)11-17(16)22)24-18(28)12-30-20-26-25-19(27(20)9-10-29-2)14-5-7-23-8-6-14/h3-8,11,13H,9-10,12H2,1-2H3,(H,24,28). The van der Waals surface area contributed by atoms with Gasteiger partial charge < -0.3 is 10.1 Å². The summed E-state index contributed by atoms with van der Waals surface area (Å²) >= 11 is 13.5.